The minimum absolute atomic E-state index is 0. The van der Waals surface area contributed by atoms with Gasteiger partial charge in [0.1, 0.15) is 6.42 Å². The van der Waals surface area contributed by atoms with Crippen molar-refractivity contribution in [3.8, 4) is 0 Å². The third-order valence-electron chi connectivity index (χ3n) is 3.14. The average Bonchev–Trinajstić information content (AvgIpc) is 2.44. The SMILES string of the molecule is CCOC(=O)Cc1cccc[n+]1Cc1ccc(C)cc1.[Br-]. The topological polar surface area (TPSA) is 30.2 Å². The van der Waals surface area contributed by atoms with Crippen LogP contribution in [-0.2, 0) is 22.5 Å². The molecular formula is C17H20BrNO2. The molecule has 1 aromatic carbocycles. The third-order valence-corrected chi connectivity index (χ3v) is 3.14. The Morgan fingerprint density at radius 3 is 2.52 bits per heavy atom. The fourth-order valence-electron chi connectivity index (χ4n) is 2.08. The summed E-state index contributed by atoms with van der Waals surface area (Å²) < 4.78 is 7.10. The number of pyridine rings is 1. The van der Waals surface area contributed by atoms with Crippen LogP contribution in [0.5, 0.6) is 0 Å². The molecule has 0 N–H and O–H groups in total. The number of nitrogens with zero attached hydrogens (tertiary/aromatic N) is 1. The average molecular weight is 350 g/mol. The number of hydrogen-bond acceptors (Lipinski definition) is 2. The Hall–Kier alpha value is -1.68. The molecule has 1 heterocycles. The Bertz CT molecular complexity index is 582. The van der Waals surface area contributed by atoms with Gasteiger partial charge in [-0.1, -0.05) is 35.9 Å². The predicted octanol–water partition coefficient (Wildman–Crippen LogP) is -0.560. The van der Waals surface area contributed by atoms with Crippen LogP contribution in [0.3, 0.4) is 0 Å². The van der Waals surface area contributed by atoms with Gasteiger partial charge in [0.2, 0.25) is 0 Å². The zero-order chi connectivity index (χ0) is 14.4. The van der Waals surface area contributed by atoms with Gasteiger partial charge in [-0.15, -0.1) is 0 Å². The molecule has 2 aromatic rings. The highest BCUT2D eigenvalue weighted by atomic mass is 79.9. The molecule has 4 heteroatoms. The van der Waals surface area contributed by atoms with Crippen molar-refractivity contribution in [3.63, 3.8) is 0 Å². The maximum atomic E-state index is 11.6. The maximum Gasteiger partial charge on any atom is 0.316 e. The molecule has 0 radical (unpaired) electrons. The highest BCUT2D eigenvalue weighted by Gasteiger charge is 2.15. The molecule has 21 heavy (non-hydrogen) atoms. The van der Waals surface area contributed by atoms with Gasteiger partial charge in [0.25, 0.3) is 0 Å². The molecule has 0 spiro atoms. The van der Waals surface area contributed by atoms with Crippen molar-refractivity contribution in [1.82, 2.24) is 0 Å². The summed E-state index contributed by atoms with van der Waals surface area (Å²) in [6.45, 7) is 5.08. The molecule has 0 unspecified atom stereocenters. The first-order valence-corrected chi connectivity index (χ1v) is 6.87. The Morgan fingerprint density at radius 1 is 1.14 bits per heavy atom. The quantitative estimate of drug-likeness (QED) is 0.535. The van der Waals surface area contributed by atoms with Crippen LogP contribution in [0, 0.1) is 6.92 Å². The second-order valence-electron chi connectivity index (χ2n) is 4.79. The van der Waals surface area contributed by atoms with Gasteiger partial charge in [-0.3, -0.25) is 4.79 Å². The summed E-state index contributed by atoms with van der Waals surface area (Å²) in [6, 6.07) is 14.3. The van der Waals surface area contributed by atoms with Crippen LogP contribution in [0.2, 0.25) is 0 Å². The van der Waals surface area contributed by atoms with E-state index in [1.807, 2.05) is 31.3 Å². The Balaban J connectivity index is 0.00000220. The van der Waals surface area contributed by atoms with Crippen LogP contribution >= 0.6 is 0 Å². The molecule has 0 aliphatic heterocycles. The van der Waals surface area contributed by atoms with E-state index >= 15 is 0 Å². The van der Waals surface area contributed by atoms with Crippen molar-refractivity contribution in [2.24, 2.45) is 0 Å². The smallest absolute Gasteiger partial charge is 0.316 e. The van der Waals surface area contributed by atoms with Crippen molar-refractivity contribution in [1.29, 1.82) is 0 Å². The van der Waals surface area contributed by atoms with E-state index in [9.17, 15) is 4.79 Å². The first-order valence-electron chi connectivity index (χ1n) is 6.87. The lowest BCUT2D eigenvalue weighted by atomic mass is 10.1. The fraction of sp³-hybridized carbons (Fsp3) is 0.294. The van der Waals surface area contributed by atoms with Crippen LogP contribution in [0.15, 0.2) is 48.7 Å². The molecule has 1 aromatic heterocycles. The van der Waals surface area contributed by atoms with E-state index in [1.54, 1.807) is 0 Å². The van der Waals surface area contributed by atoms with Gasteiger partial charge >= 0.3 is 5.97 Å². The predicted molar refractivity (Wildman–Crippen MR) is 77.3 cm³/mol. The lowest BCUT2D eigenvalue weighted by Crippen LogP contribution is -3.00. The molecule has 0 fully saturated rings. The highest BCUT2D eigenvalue weighted by molar-refractivity contribution is 5.71. The summed E-state index contributed by atoms with van der Waals surface area (Å²) >= 11 is 0. The number of rotatable bonds is 5. The molecule has 0 aliphatic rings. The first kappa shape index (κ1) is 17.4. The summed E-state index contributed by atoms with van der Waals surface area (Å²) in [6.07, 6.45) is 2.30. The van der Waals surface area contributed by atoms with Crippen molar-refractivity contribution in [2.45, 2.75) is 26.8 Å². The van der Waals surface area contributed by atoms with E-state index in [2.05, 4.69) is 35.8 Å². The molecule has 0 saturated carbocycles. The van der Waals surface area contributed by atoms with Crippen LogP contribution in [-0.4, -0.2) is 12.6 Å². The fourth-order valence-corrected chi connectivity index (χ4v) is 2.08. The van der Waals surface area contributed by atoms with Gasteiger partial charge in [-0.25, -0.2) is 0 Å². The molecule has 0 bridgehead atoms. The van der Waals surface area contributed by atoms with Gasteiger partial charge in [0.05, 0.1) is 6.61 Å². The number of carbonyl (C=O) groups excluding carboxylic acids is 1. The number of aryl methyl sites for hydroxylation is 1. The second-order valence-corrected chi connectivity index (χ2v) is 4.79. The lowest BCUT2D eigenvalue weighted by Gasteiger charge is -2.04. The first-order chi connectivity index (χ1) is 9.69. The van der Waals surface area contributed by atoms with Gasteiger partial charge in [0.15, 0.2) is 18.4 Å². The van der Waals surface area contributed by atoms with Crippen molar-refractivity contribution in [2.75, 3.05) is 6.61 Å². The van der Waals surface area contributed by atoms with Gasteiger partial charge in [0, 0.05) is 17.7 Å². The van der Waals surface area contributed by atoms with E-state index < -0.39 is 0 Å². The Kier molecular flexibility index (Phi) is 7.09. The number of benzene rings is 1. The zero-order valence-corrected chi connectivity index (χ0v) is 14.0. The number of hydrogen-bond donors (Lipinski definition) is 0. The second kappa shape index (κ2) is 8.57. The molecule has 0 amide bonds. The molecule has 2 rings (SSSR count). The molecule has 3 nitrogen and oxygen atoms in total. The van der Waals surface area contributed by atoms with Crippen LogP contribution in [0.25, 0.3) is 0 Å². The summed E-state index contributed by atoms with van der Waals surface area (Å²) in [4.78, 5) is 11.6. The number of esters is 1. The van der Waals surface area contributed by atoms with Crippen LogP contribution in [0.4, 0.5) is 0 Å². The molecule has 0 atom stereocenters. The van der Waals surface area contributed by atoms with Gasteiger partial charge in [-0.05, 0) is 13.8 Å². The molecular weight excluding hydrogens is 330 g/mol. The van der Waals surface area contributed by atoms with E-state index in [-0.39, 0.29) is 23.0 Å². The van der Waals surface area contributed by atoms with Gasteiger partial charge < -0.3 is 21.7 Å². The van der Waals surface area contributed by atoms with Crippen molar-refractivity contribution >= 4 is 5.97 Å². The highest BCUT2D eigenvalue weighted by Crippen LogP contribution is 2.04. The third kappa shape index (κ3) is 5.31. The van der Waals surface area contributed by atoms with Crippen LogP contribution in [0.1, 0.15) is 23.7 Å². The Labute approximate surface area is 136 Å². The minimum atomic E-state index is -0.184. The summed E-state index contributed by atoms with van der Waals surface area (Å²) in [5.74, 6) is -0.184. The molecule has 112 valence electrons. The van der Waals surface area contributed by atoms with Crippen LogP contribution < -0.4 is 21.5 Å². The van der Waals surface area contributed by atoms with E-state index in [0.717, 1.165) is 12.2 Å². The standard InChI is InChI=1S/C17H20NO2.BrH/c1-3-20-17(19)12-16-6-4-5-11-18(16)13-15-9-7-14(2)8-10-15;/h4-11H,3,12-13H2,1-2H3;1H/q+1;/p-1. The van der Waals surface area contributed by atoms with E-state index in [1.165, 1.54) is 11.1 Å². The number of carbonyl (C=O) groups is 1. The lowest BCUT2D eigenvalue weighted by molar-refractivity contribution is -0.695. The number of halogens is 1. The summed E-state index contributed by atoms with van der Waals surface area (Å²) in [5.41, 5.74) is 3.43. The minimum Gasteiger partial charge on any atom is -1.00 e. The van der Waals surface area contributed by atoms with E-state index in [4.69, 9.17) is 4.74 Å². The van der Waals surface area contributed by atoms with Gasteiger partial charge in [-0.2, -0.15) is 4.57 Å². The largest absolute Gasteiger partial charge is 1.00 e. The molecule has 0 aliphatic carbocycles. The number of ether oxygens (including phenoxy) is 1. The zero-order valence-electron chi connectivity index (χ0n) is 12.4. The summed E-state index contributed by atoms with van der Waals surface area (Å²) in [5, 5.41) is 0. The Morgan fingerprint density at radius 2 is 1.86 bits per heavy atom. The number of aromatic nitrogens is 1. The maximum absolute atomic E-state index is 11.6. The monoisotopic (exact) mass is 349 g/mol. The van der Waals surface area contributed by atoms with Crippen molar-refractivity contribution in [3.05, 3.63) is 65.5 Å². The normalized spacial score (nSPS) is 9.81. The van der Waals surface area contributed by atoms with Crippen molar-refractivity contribution < 1.29 is 31.1 Å². The summed E-state index contributed by atoms with van der Waals surface area (Å²) in [7, 11) is 0. The molecule has 0 saturated heterocycles. The van der Waals surface area contributed by atoms with E-state index in [0.29, 0.717) is 13.0 Å².